The number of carbonyl (C=O) groups is 2. The number of carboxylic acids is 2. The highest BCUT2D eigenvalue weighted by molar-refractivity contribution is 5.96. The number of aliphatic hydroxyl groups excluding tert-OH is 2. The summed E-state index contributed by atoms with van der Waals surface area (Å²) in [6, 6.07) is 2.81. The number of hydrogen-bond donors (Lipinski definition) is 4. The molecule has 4 N–H and O–H groups in total. The Morgan fingerprint density at radius 2 is 1.11 bits per heavy atom. The van der Waals surface area contributed by atoms with Crippen molar-refractivity contribution in [2.75, 3.05) is 39.6 Å². The number of hydrogen-bond acceptors (Lipinski definition) is 6. The minimum absolute atomic E-state index is 0.0380. The third kappa shape index (κ3) is 8.79. The van der Waals surface area contributed by atoms with Crippen LogP contribution in [0.25, 0.3) is 0 Å². The lowest BCUT2D eigenvalue weighted by Gasteiger charge is -2.13. The monoisotopic (exact) mass is 398 g/mol. The van der Waals surface area contributed by atoms with E-state index in [2.05, 4.69) is 0 Å². The van der Waals surface area contributed by atoms with E-state index in [0.717, 1.165) is 12.8 Å². The lowest BCUT2D eigenvalue weighted by molar-refractivity contribution is 0.0694. The smallest absolute Gasteiger partial charge is 0.335 e. The fourth-order valence-corrected chi connectivity index (χ4v) is 2.71. The Morgan fingerprint density at radius 3 is 1.46 bits per heavy atom. The molecule has 0 aliphatic carbocycles. The van der Waals surface area contributed by atoms with Crippen LogP contribution in [0.15, 0.2) is 12.1 Å². The quantitative estimate of drug-likeness (QED) is 0.310. The molecule has 1 aromatic rings. The van der Waals surface area contributed by atoms with E-state index >= 15 is 0 Å². The SMILES string of the molecule is O=C(O)c1cc(C(=O)O)c(CCOCCCCO)cc1CCOCCCCO. The predicted molar refractivity (Wildman–Crippen MR) is 102 cm³/mol. The summed E-state index contributed by atoms with van der Waals surface area (Å²) in [7, 11) is 0. The van der Waals surface area contributed by atoms with Gasteiger partial charge in [0.05, 0.1) is 24.3 Å². The minimum Gasteiger partial charge on any atom is -0.478 e. The van der Waals surface area contributed by atoms with Crippen LogP contribution in [0.3, 0.4) is 0 Å². The van der Waals surface area contributed by atoms with Crippen molar-refractivity contribution in [3.8, 4) is 0 Å². The number of ether oxygens (including phenoxy) is 2. The summed E-state index contributed by atoms with van der Waals surface area (Å²) in [4.78, 5) is 23.1. The zero-order valence-corrected chi connectivity index (χ0v) is 16.1. The highest BCUT2D eigenvalue weighted by Gasteiger charge is 2.18. The molecule has 8 heteroatoms. The summed E-state index contributed by atoms with van der Waals surface area (Å²) in [5.41, 5.74) is 0.970. The maximum atomic E-state index is 11.5. The third-order valence-electron chi connectivity index (χ3n) is 4.21. The van der Waals surface area contributed by atoms with E-state index in [4.69, 9.17) is 19.7 Å². The maximum Gasteiger partial charge on any atom is 0.335 e. The Morgan fingerprint density at radius 1 is 0.679 bits per heavy atom. The van der Waals surface area contributed by atoms with Crippen LogP contribution in [0.1, 0.15) is 57.5 Å². The van der Waals surface area contributed by atoms with Crippen molar-refractivity contribution in [1.29, 1.82) is 0 Å². The molecule has 0 aliphatic rings. The van der Waals surface area contributed by atoms with Crippen molar-refractivity contribution in [1.82, 2.24) is 0 Å². The second-order valence-electron chi connectivity index (χ2n) is 6.36. The van der Waals surface area contributed by atoms with E-state index in [1.807, 2.05) is 0 Å². The van der Waals surface area contributed by atoms with Crippen molar-refractivity contribution in [2.45, 2.75) is 38.5 Å². The zero-order valence-electron chi connectivity index (χ0n) is 16.1. The van der Waals surface area contributed by atoms with E-state index in [9.17, 15) is 19.8 Å². The Hall–Kier alpha value is -2.00. The highest BCUT2D eigenvalue weighted by Crippen LogP contribution is 2.20. The molecule has 0 fully saturated rings. The number of carboxylic acid groups (broad SMARTS) is 2. The van der Waals surface area contributed by atoms with Crippen LogP contribution in [-0.2, 0) is 22.3 Å². The van der Waals surface area contributed by atoms with Gasteiger partial charge in [-0.2, -0.15) is 0 Å². The van der Waals surface area contributed by atoms with Crippen molar-refractivity contribution in [3.63, 3.8) is 0 Å². The molecule has 0 radical (unpaired) electrons. The number of unbranched alkanes of at least 4 members (excludes halogenated alkanes) is 2. The van der Waals surface area contributed by atoms with Gasteiger partial charge in [-0.25, -0.2) is 9.59 Å². The van der Waals surface area contributed by atoms with E-state index in [1.54, 1.807) is 6.07 Å². The van der Waals surface area contributed by atoms with Crippen LogP contribution in [0.5, 0.6) is 0 Å². The van der Waals surface area contributed by atoms with Gasteiger partial charge in [-0.3, -0.25) is 0 Å². The number of aliphatic hydroxyl groups is 2. The molecule has 0 aromatic heterocycles. The third-order valence-corrected chi connectivity index (χ3v) is 4.21. The largest absolute Gasteiger partial charge is 0.478 e. The molecule has 1 aromatic carbocycles. The van der Waals surface area contributed by atoms with Gasteiger partial charge in [0.2, 0.25) is 0 Å². The topological polar surface area (TPSA) is 134 Å². The summed E-state index contributed by atoms with van der Waals surface area (Å²) in [6.45, 7) is 1.79. The van der Waals surface area contributed by atoms with E-state index in [0.29, 0.717) is 63.2 Å². The van der Waals surface area contributed by atoms with Crippen molar-refractivity contribution < 1.29 is 39.5 Å². The lowest BCUT2D eigenvalue weighted by atomic mass is 9.95. The Kier molecular flexibility index (Phi) is 12.1. The molecule has 0 atom stereocenters. The van der Waals surface area contributed by atoms with E-state index < -0.39 is 11.9 Å². The molecular formula is C20H30O8. The summed E-state index contributed by atoms with van der Waals surface area (Å²) in [5, 5.41) is 36.3. The molecule has 0 amide bonds. The fraction of sp³-hybridized carbons (Fsp3) is 0.600. The highest BCUT2D eigenvalue weighted by atomic mass is 16.5. The standard InChI is InChI=1S/C20H30O8/c21-7-1-3-9-27-11-5-15-13-16(6-12-28-10-4-2-8-22)18(20(25)26)14-17(15)19(23)24/h13-14,21-22H,1-12H2,(H,23,24)(H,25,26). The molecule has 158 valence electrons. The number of aromatic carboxylic acids is 2. The molecule has 8 nitrogen and oxygen atoms in total. The van der Waals surface area contributed by atoms with Gasteiger partial charge in [-0.1, -0.05) is 6.07 Å². The zero-order chi connectivity index (χ0) is 20.8. The molecular weight excluding hydrogens is 368 g/mol. The molecule has 0 aliphatic heterocycles. The van der Waals surface area contributed by atoms with Crippen molar-refractivity contribution >= 4 is 11.9 Å². The maximum absolute atomic E-state index is 11.5. The first kappa shape index (κ1) is 24.0. The van der Waals surface area contributed by atoms with Crippen LogP contribution in [-0.4, -0.2) is 72.0 Å². The normalized spacial score (nSPS) is 10.9. The Labute approximate surface area is 164 Å². The van der Waals surface area contributed by atoms with Crippen LogP contribution < -0.4 is 0 Å². The first-order valence-corrected chi connectivity index (χ1v) is 9.50. The lowest BCUT2D eigenvalue weighted by Crippen LogP contribution is -2.13. The predicted octanol–water partition coefficient (Wildman–Crippen LogP) is 1.75. The van der Waals surface area contributed by atoms with Crippen molar-refractivity contribution in [3.05, 3.63) is 34.4 Å². The van der Waals surface area contributed by atoms with Gasteiger partial charge < -0.3 is 29.9 Å². The second kappa shape index (κ2) is 14.1. The number of rotatable bonds is 16. The molecule has 0 bridgehead atoms. The average molecular weight is 398 g/mol. The molecule has 0 unspecified atom stereocenters. The van der Waals surface area contributed by atoms with E-state index in [1.165, 1.54) is 6.07 Å². The minimum atomic E-state index is -1.18. The van der Waals surface area contributed by atoms with Gasteiger partial charge in [-0.05, 0) is 55.7 Å². The van der Waals surface area contributed by atoms with Gasteiger partial charge in [0.1, 0.15) is 0 Å². The first-order valence-electron chi connectivity index (χ1n) is 9.50. The fourth-order valence-electron chi connectivity index (χ4n) is 2.71. The summed E-state index contributed by atoms with van der Waals surface area (Å²) < 4.78 is 10.9. The van der Waals surface area contributed by atoms with Gasteiger partial charge in [0, 0.05) is 26.4 Å². The molecule has 0 spiro atoms. The first-order chi connectivity index (χ1) is 13.5. The Bertz CT molecular complexity index is 565. The van der Waals surface area contributed by atoms with Gasteiger partial charge in [-0.15, -0.1) is 0 Å². The molecule has 0 heterocycles. The molecule has 0 saturated heterocycles. The number of benzene rings is 1. The molecule has 1 rings (SSSR count). The van der Waals surface area contributed by atoms with Gasteiger partial charge >= 0.3 is 11.9 Å². The van der Waals surface area contributed by atoms with Crippen LogP contribution >= 0.6 is 0 Å². The second-order valence-corrected chi connectivity index (χ2v) is 6.36. The average Bonchev–Trinajstić information content (AvgIpc) is 2.66. The summed E-state index contributed by atoms with van der Waals surface area (Å²) >= 11 is 0. The van der Waals surface area contributed by atoms with Crippen molar-refractivity contribution in [2.24, 2.45) is 0 Å². The molecule has 0 saturated carbocycles. The molecule has 28 heavy (non-hydrogen) atoms. The Balaban J connectivity index is 2.79. The summed E-state index contributed by atoms with van der Waals surface area (Å²) in [5.74, 6) is -2.35. The van der Waals surface area contributed by atoms with Gasteiger partial charge in [0.25, 0.3) is 0 Å². The van der Waals surface area contributed by atoms with E-state index in [-0.39, 0.29) is 24.3 Å². The summed E-state index contributed by atoms with van der Waals surface area (Å²) in [6.07, 6.45) is 3.44. The van der Waals surface area contributed by atoms with Crippen LogP contribution in [0.4, 0.5) is 0 Å². The van der Waals surface area contributed by atoms with Crippen LogP contribution in [0.2, 0.25) is 0 Å². The van der Waals surface area contributed by atoms with Crippen LogP contribution in [0, 0.1) is 0 Å². The van der Waals surface area contributed by atoms with Gasteiger partial charge in [0.15, 0.2) is 0 Å².